The van der Waals surface area contributed by atoms with E-state index < -0.39 is 67.0 Å². The molecule has 0 aromatic rings. The average Bonchev–Trinajstić information content (AvgIpc) is 3.28. The van der Waals surface area contributed by atoms with Gasteiger partial charge in [0.05, 0.1) is 11.7 Å². The van der Waals surface area contributed by atoms with Gasteiger partial charge in [-0.25, -0.2) is 13.2 Å². The van der Waals surface area contributed by atoms with Crippen molar-refractivity contribution in [2.75, 3.05) is 0 Å². The molecule has 0 aliphatic heterocycles. The monoisotopic (exact) mass is 612 g/mol. The smallest absolute Gasteiger partial charge is 0.393 e. The molecule has 0 aromatic heterocycles. The van der Waals surface area contributed by atoms with Crippen molar-refractivity contribution in [2.45, 2.75) is 134 Å². The molecular formula is C33H48F6O3. The molecule has 3 aliphatic rings. The van der Waals surface area contributed by atoms with Gasteiger partial charge in [-0.1, -0.05) is 43.7 Å². The summed E-state index contributed by atoms with van der Waals surface area (Å²) in [6, 6.07) is 0. The summed E-state index contributed by atoms with van der Waals surface area (Å²) in [5.41, 5.74) is -5.89. The van der Waals surface area contributed by atoms with E-state index in [9.17, 15) is 41.7 Å². The quantitative estimate of drug-likeness (QED) is 0.171. The molecule has 3 fully saturated rings. The molecule has 3 nitrogen and oxygen atoms in total. The van der Waals surface area contributed by atoms with Crippen LogP contribution in [0, 0.1) is 23.2 Å². The van der Waals surface area contributed by atoms with Crippen LogP contribution in [-0.2, 0) is 0 Å². The number of allylic oxidation sites excluding steroid dienone is 5. The lowest BCUT2D eigenvalue weighted by molar-refractivity contribution is -0.305. The van der Waals surface area contributed by atoms with Crippen LogP contribution in [0.3, 0.4) is 0 Å². The first kappa shape index (κ1) is 26.8. The summed E-state index contributed by atoms with van der Waals surface area (Å²) < 4.78 is 129. The molecule has 0 radical (unpaired) electrons. The van der Waals surface area contributed by atoms with Gasteiger partial charge in [-0.05, 0) is 112 Å². The van der Waals surface area contributed by atoms with Crippen LogP contribution in [0.5, 0.6) is 0 Å². The number of aliphatic hydroxyl groups is 3. The normalized spacial score (nSPS) is 36.5. The molecule has 7 atom stereocenters. The van der Waals surface area contributed by atoms with Gasteiger partial charge in [-0.3, -0.25) is 0 Å². The minimum Gasteiger partial charge on any atom is -0.393 e. The molecule has 240 valence electrons. The van der Waals surface area contributed by atoms with Gasteiger partial charge in [-0.2, -0.15) is 13.2 Å². The van der Waals surface area contributed by atoms with E-state index in [2.05, 4.69) is 6.58 Å². The molecule has 3 saturated carbocycles. The molecule has 9 heteroatoms. The summed E-state index contributed by atoms with van der Waals surface area (Å²) in [5, 5.41) is 30.9. The first-order chi connectivity index (χ1) is 21.7. The Balaban J connectivity index is 1.95. The highest BCUT2D eigenvalue weighted by molar-refractivity contribution is 5.38. The van der Waals surface area contributed by atoms with Crippen LogP contribution in [0.25, 0.3) is 0 Å². The van der Waals surface area contributed by atoms with Crippen LogP contribution >= 0.6 is 0 Å². The van der Waals surface area contributed by atoms with Gasteiger partial charge in [0.2, 0.25) is 5.60 Å². The molecule has 3 aliphatic carbocycles. The highest BCUT2D eigenvalue weighted by Crippen LogP contribution is 2.60. The van der Waals surface area contributed by atoms with Crippen molar-refractivity contribution in [3.05, 3.63) is 47.6 Å². The zero-order valence-corrected chi connectivity index (χ0v) is 24.3. The highest BCUT2D eigenvalue weighted by Gasteiger charge is 2.65. The predicted molar refractivity (Wildman–Crippen MR) is 153 cm³/mol. The van der Waals surface area contributed by atoms with Crippen molar-refractivity contribution >= 4 is 0 Å². The Hall–Kier alpha value is -1.58. The molecule has 1 unspecified atom stereocenters. The summed E-state index contributed by atoms with van der Waals surface area (Å²) in [6.07, 6.45) is -0.407. The van der Waals surface area contributed by atoms with Crippen LogP contribution in [0.15, 0.2) is 47.6 Å². The van der Waals surface area contributed by atoms with E-state index in [0.29, 0.717) is 24.0 Å². The van der Waals surface area contributed by atoms with Gasteiger partial charge in [0.15, 0.2) is 0 Å². The first-order valence-corrected chi connectivity index (χ1v) is 14.7. The number of halogens is 6. The van der Waals surface area contributed by atoms with Crippen molar-refractivity contribution in [1.82, 2.24) is 0 Å². The Morgan fingerprint density at radius 3 is 2.45 bits per heavy atom. The Labute approximate surface area is 254 Å². The van der Waals surface area contributed by atoms with Gasteiger partial charge >= 0.3 is 6.18 Å². The molecule has 0 amide bonds. The van der Waals surface area contributed by atoms with Crippen molar-refractivity contribution < 1.29 is 49.9 Å². The fraction of sp³-hybridized carbons (Fsp3) is 0.758. The van der Waals surface area contributed by atoms with E-state index in [1.54, 1.807) is 6.08 Å². The molecule has 0 spiro atoms. The largest absolute Gasteiger partial charge is 0.426 e. The molecule has 0 bridgehead atoms. The van der Waals surface area contributed by atoms with Crippen molar-refractivity contribution in [3.63, 3.8) is 0 Å². The predicted octanol–water partition coefficient (Wildman–Crippen LogP) is 8.56. The number of alkyl halides is 6. The molecule has 42 heavy (non-hydrogen) atoms. The fourth-order valence-electron chi connectivity index (χ4n) is 7.49. The van der Waals surface area contributed by atoms with Crippen molar-refractivity contribution in [3.8, 4) is 0 Å². The molecule has 0 saturated heterocycles. The Kier molecular flexibility index (Phi) is 8.17. The third-order valence-electron chi connectivity index (χ3n) is 9.84. The lowest BCUT2D eigenvalue weighted by Gasteiger charge is -2.45. The topological polar surface area (TPSA) is 60.7 Å². The third kappa shape index (κ3) is 7.73. The summed E-state index contributed by atoms with van der Waals surface area (Å²) >= 11 is 0. The number of fused-ring (bicyclic) bond motifs is 1. The van der Waals surface area contributed by atoms with Gasteiger partial charge in [0, 0.05) is 21.6 Å². The number of rotatable bonds is 10. The van der Waals surface area contributed by atoms with Gasteiger partial charge in [-0.15, -0.1) is 0 Å². The zero-order valence-electron chi connectivity index (χ0n) is 30.3. The second-order valence-corrected chi connectivity index (χ2v) is 12.9. The summed E-state index contributed by atoms with van der Waals surface area (Å²) in [5.74, 6) is -5.29. The summed E-state index contributed by atoms with van der Waals surface area (Å²) in [6.45, 7) is -0.672. The van der Waals surface area contributed by atoms with Crippen LogP contribution in [0.1, 0.15) is 106 Å². The van der Waals surface area contributed by atoms with Crippen molar-refractivity contribution in [2.24, 2.45) is 23.2 Å². The lowest BCUT2D eigenvalue weighted by atomic mass is 9.60. The Bertz CT molecular complexity index is 1220. The van der Waals surface area contributed by atoms with Crippen LogP contribution in [0.2, 0.25) is 0 Å². The molecule has 0 aromatic carbocycles. The first-order valence-electron chi connectivity index (χ1n) is 17.7. The van der Waals surface area contributed by atoms with Crippen LogP contribution in [0.4, 0.5) is 26.3 Å². The molecule has 0 heterocycles. The van der Waals surface area contributed by atoms with Crippen LogP contribution < -0.4 is 0 Å². The van der Waals surface area contributed by atoms with Gasteiger partial charge < -0.3 is 15.3 Å². The minimum absolute atomic E-state index is 0.0105. The highest BCUT2D eigenvalue weighted by atomic mass is 19.4. The van der Waals surface area contributed by atoms with E-state index in [1.807, 2.05) is 13.0 Å². The second-order valence-electron chi connectivity index (χ2n) is 12.9. The van der Waals surface area contributed by atoms with E-state index in [-0.39, 0.29) is 56.9 Å². The Morgan fingerprint density at radius 1 is 1.14 bits per heavy atom. The lowest BCUT2D eigenvalue weighted by Crippen LogP contribution is -2.56. The number of hydrogen-bond acceptors (Lipinski definition) is 3. The van der Waals surface area contributed by atoms with Gasteiger partial charge in [0.25, 0.3) is 5.92 Å². The molecule has 3 N–H and O–H groups in total. The standard InChI is InChI=1S/C33H48F6O3/c1-21-24(19-25(40)20-28(21)34)13-12-23-10-7-17-30(4)26(14-15-27(23)30)22(9-6-16-29(2,3)41)11-8-18-32(42,31(5,35)36)33(37,38)39/h8,12-13,18,22,25-28,40-42H,1,6-7,9-11,14-17,19-20H2,2-5H3/b18-8+,23-12+,24-13-/t22-,25-,26-,27+,28+,30-,32?/m1/s1/i2D3,3D3. The number of hydrogen-bond donors (Lipinski definition) is 3. The van der Waals surface area contributed by atoms with Crippen LogP contribution in [-0.4, -0.2) is 50.9 Å². The average molecular weight is 613 g/mol. The maximum absolute atomic E-state index is 14.3. The van der Waals surface area contributed by atoms with E-state index >= 15 is 0 Å². The summed E-state index contributed by atoms with van der Waals surface area (Å²) in [7, 11) is 0. The second kappa shape index (κ2) is 12.8. The molecule has 3 rings (SSSR count). The van der Waals surface area contributed by atoms with E-state index in [0.717, 1.165) is 30.9 Å². The maximum atomic E-state index is 14.3. The van der Waals surface area contributed by atoms with E-state index in [1.165, 1.54) is 0 Å². The summed E-state index contributed by atoms with van der Waals surface area (Å²) in [4.78, 5) is 0. The number of aliphatic hydroxyl groups excluding tert-OH is 1. The fourth-order valence-corrected chi connectivity index (χ4v) is 7.49. The molecular weight excluding hydrogens is 558 g/mol. The third-order valence-corrected chi connectivity index (χ3v) is 9.84. The minimum atomic E-state index is -5.68. The van der Waals surface area contributed by atoms with Crippen molar-refractivity contribution in [1.29, 1.82) is 0 Å². The maximum Gasteiger partial charge on any atom is 0.426 e. The van der Waals surface area contributed by atoms with E-state index in [4.69, 9.17) is 8.22 Å². The van der Waals surface area contributed by atoms with Gasteiger partial charge in [0.1, 0.15) is 6.17 Å². The Morgan fingerprint density at radius 2 is 1.83 bits per heavy atom. The zero-order chi connectivity index (χ0) is 36.7. The SMILES string of the molecule is [2H]C([2H])([2H])C(O)(CCC[C@H](C/C=C/C(O)(C(C)(F)F)C(F)(F)F)[C@H]1CC[C@H]2/C(=C/C=C3/C[C@@H](O)C[C@H](F)C3=C)CCC[C@]12C)C([2H])([2H])[2H].